The van der Waals surface area contributed by atoms with Crippen molar-refractivity contribution in [3.63, 3.8) is 0 Å². The molecule has 0 bridgehead atoms. The molecule has 0 aliphatic carbocycles. The molecule has 0 aromatic heterocycles. The number of carbonyl (C=O) groups excluding carboxylic acids is 2. The van der Waals surface area contributed by atoms with Crippen LogP contribution in [-0.2, 0) is 11.3 Å². The minimum atomic E-state index is -0.610. The van der Waals surface area contributed by atoms with E-state index in [1.165, 1.54) is 6.92 Å². The number of likely N-dealkylation sites (tertiary alicyclic amines) is 1. The number of amides is 1. The van der Waals surface area contributed by atoms with Gasteiger partial charge in [0.2, 0.25) is 0 Å². The van der Waals surface area contributed by atoms with Gasteiger partial charge >= 0.3 is 5.97 Å². The number of rotatable bonds is 3. The van der Waals surface area contributed by atoms with Gasteiger partial charge in [0, 0.05) is 39.4 Å². The zero-order valence-electron chi connectivity index (χ0n) is 15.2. The number of fused-ring (bicyclic) bond motifs is 1. The first-order valence-electron chi connectivity index (χ1n) is 9.13. The Balaban J connectivity index is 1.37. The van der Waals surface area contributed by atoms with Gasteiger partial charge in [-0.1, -0.05) is 24.3 Å². The molecule has 2 aliphatic heterocycles. The predicted molar refractivity (Wildman–Crippen MR) is 99.5 cm³/mol. The lowest BCUT2D eigenvalue weighted by Crippen LogP contribution is -2.60. The molecule has 2 aliphatic rings. The smallest absolute Gasteiger partial charge is 0.308 e. The Hall–Kier alpha value is -2.86. The molecule has 4 rings (SSSR count). The van der Waals surface area contributed by atoms with Crippen molar-refractivity contribution in [2.45, 2.75) is 32.0 Å². The minimum Gasteiger partial charge on any atom is -0.467 e. The number of nitrogens with zero attached hydrogens (tertiary/aromatic N) is 1. The lowest BCUT2D eigenvalue weighted by molar-refractivity contribution is -0.131. The Kier molecular flexibility index (Phi) is 4.58. The molecule has 0 unspecified atom stereocenters. The first-order valence-corrected chi connectivity index (χ1v) is 9.13. The molecule has 6 heteroatoms. The molecule has 0 saturated carbocycles. The summed E-state index contributed by atoms with van der Waals surface area (Å²) in [7, 11) is 0. The van der Waals surface area contributed by atoms with Gasteiger partial charge in [-0.2, -0.15) is 0 Å². The normalized spacial score (nSPS) is 18.3. The zero-order valence-corrected chi connectivity index (χ0v) is 15.2. The fourth-order valence-electron chi connectivity index (χ4n) is 3.64. The molecule has 1 saturated heterocycles. The summed E-state index contributed by atoms with van der Waals surface area (Å²) >= 11 is 0. The van der Waals surface area contributed by atoms with Gasteiger partial charge in [0.05, 0.1) is 5.56 Å². The topological polar surface area (TPSA) is 67.9 Å². The van der Waals surface area contributed by atoms with Gasteiger partial charge < -0.3 is 14.8 Å². The van der Waals surface area contributed by atoms with Crippen LogP contribution in [0.2, 0.25) is 0 Å². The second-order valence-corrected chi connectivity index (χ2v) is 7.06. The van der Waals surface area contributed by atoms with E-state index in [-0.39, 0.29) is 11.9 Å². The van der Waals surface area contributed by atoms with Crippen molar-refractivity contribution in [2.24, 2.45) is 0 Å². The monoisotopic (exact) mass is 366 g/mol. The number of benzene rings is 2. The van der Waals surface area contributed by atoms with Gasteiger partial charge in [0.1, 0.15) is 11.5 Å². The molecule has 2 aromatic carbocycles. The maximum absolute atomic E-state index is 12.4. The van der Waals surface area contributed by atoms with Crippen LogP contribution in [0.1, 0.15) is 35.7 Å². The highest BCUT2D eigenvalue weighted by Gasteiger charge is 2.42. The number of para-hydroxylation sites is 1. The summed E-state index contributed by atoms with van der Waals surface area (Å²) < 4.78 is 11.2. The molecular weight excluding hydrogens is 344 g/mol. The van der Waals surface area contributed by atoms with Crippen LogP contribution >= 0.6 is 0 Å². The summed E-state index contributed by atoms with van der Waals surface area (Å²) in [4.78, 5) is 25.7. The number of carbonyl (C=O) groups is 2. The molecule has 2 aromatic rings. The summed E-state index contributed by atoms with van der Waals surface area (Å²) in [5.74, 6) is 0.836. The molecule has 1 amide bonds. The van der Waals surface area contributed by atoms with Crippen molar-refractivity contribution < 1.29 is 19.1 Å². The summed E-state index contributed by atoms with van der Waals surface area (Å²) in [6, 6.07) is 14.9. The molecule has 0 radical (unpaired) electrons. The van der Waals surface area contributed by atoms with E-state index in [2.05, 4.69) is 10.2 Å². The van der Waals surface area contributed by atoms with Crippen molar-refractivity contribution in [3.05, 3.63) is 59.7 Å². The van der Waals surface area contributed by atoms with Crippen LogP contribution in [0.5, 0.6) is 11.5 Å². The van der Waals surface area contributed by atoms with Crippen LogP contribution in [0, 0.1) is 0 Å². The Labute approximate surface area is 158 Å². The first kappa shape index (κ1) is 17.5. The fourth-order valence-corrected chi connectivity index (χ4v) is 3.64. The number of piperidine rings is 1. The van der Waals surface area contributed by atoms with E-state index in [0.717, 1.165) is 38.0 Å². The SMILES string of the molecule is CC(=O)Oc1ccc(CN2CCC3(CC2)NC(=O)c2ccccc2O3)cc1. The summed E-state index contributed by atoms with van der Waals surface area (Å²) in [5, 5.41) is 3.06. The number of esters is 1. The minimum absolute atomic E-state index is 0.0636. The van der Waals surface area contributed by atoms with E-state index in [4.69, 9.17) is 9.47 Å². The third-order valence-electron chi connectivity index (χ3n) is 5.03. The molecule has 1 spiro atoms. The lowest BCUT2D eigenvalue weighted by Gasteiger charge is -2.44. The Morgan fingerprint density at radius 3 is 2.56 bits per heavy atom. The van der Waals surface area contributed by atoms with E-state index in [1.54, 1.807) is 6.07 Å². The van der Waals surface area contributed by atoms with Crippen molar-refractivity contribution in [1.82, 2.24) is 10.2 Å². The second-order valence-electron chi connectivity index (χ2n) is 7.06. The summed E-state index contributed by atoms with van der Waals surface area (Å²) in [6.07, 6.45) is 1.47. The van der Waals surface area contributed by atoms with E-state index in [9.17, 15) is 9.59 Å². The molecule has 6 nitrogen and oxygen atoms in total. The van der Waals surface area contributed by atoms with Crippen LogP contribution in [0.15, 0.2) is 48.5 Å². The molecule has 1 N–H and O–H groups in total. The van der Waals surface area contributed by atoms with E-state index in [1.807, 2.05) is 42.5 Å². The van der Waals surface area contributed by atoms with E-state index >= 15 is 0 Å². The Morgan fingerprint density at radius 1 is 1.15 bits per heavy atom. The van der Waals surface area contributed by atoms with Gasteiger partial charge in [0.25, 0.3) is 5.91 Å². The van der Waals surface area contributed by atoms with Crippen molar-refractivity contribution >= 4 is 11.9 Å². The average molecular weight is 366 g/mol. The predicted octanol–water partition coefficient (Wildman–Crippen LogP) is 2.73. The van der Waals surface area contributed by atoms with Crippen LogP contribution in [0.3, 0.4) is 0 Å². The van der Waals surface area contributed by atoms with Crippen molar-refractivity contribution in [2.75, 3.05) is 13.1 Å². The molecule has 1 fully saturated rings. The maximum atomic E-state index is 12.4. The highest BCUT2D eigenvalue weighted by molar-refractivity contribution is 5.98. The lowest BCUT2D eigenvalue weighted by atomic mass is 9.96. The quantitative estimate of drug-likeness (QED) is 0.668. The highest BCUT2D eigenvalue weighted by atomic mass is 16.5. The van der Waals surface area contributed by atoms with Gasteiger partial charge in [-0.25, -0.2) is 0 Å². The first-order chi connectivity index (χ1) is 13.0. The number of hydrogen-bond donors (Lipinski definition) is 1. The van der Waals surface area contributed by atoms with Crippen molar-refractivity contribution in [3.8, 4) is 11.5 Å². The third-order valence-corrected chi connectivity index (χ3v) is 5.03. The van der Waals surface area contributed by atoms with E-state index < -0.39 is 5.72 Å². The van der Waals surface area contributed by atoms with E-state index in [0.29, 0.717) is 17.1 Å². The number of hydrogen-bond acceptors (Lipinski definition) is 5. The summed E-state index contributed by atoms with van der Waals surface area (Å²) in [6.45, 7) is 3.85. The highest BCUT2D eigenvalue weighted by Crippen LogP contribution is 2.33. The van der Waals surface area contributed by atoms with Gasteiger partial charge in [-0.15, -0.1) is 0 Å². The second kappa shape index (κ2) is 7.04. The van der Waals surface area contributed by atoms with Crippen LogP contribution in [-0.4, -0.2) is 35.6 Å². The van der Waals surface area contributed by atoms with Gasteiger partial charge in [0.15, 0.2) is 5.72 Å². The maximum Gasteiger partial charge on any atom is 0.308 e. The van der Waals surface area contributed by atoms with Crippen molar-refractivity contribution in [1.29, 1.82) is 0 Å². The van der Waals surface area contributed by atoms with Crippen LogP contribution in [0.4, 0.5) is 0 Å². The van der Waals surface area contributed by atoms with Crippen LogP contribution in [0.25, 0.3) is 0 Å². The average Bonchev–Trinajstić information content (AvgIpc) is 2.65. The largest absolute Gasteiger partial charge is 0.467 e. The van der Waals surface area contributed by atoms with Gasteiger partial charge in [-0.05, 0) is 29.8 Å². The Morgan fingerprint density at radius 2 is 1.85 bits per heavy atom. The Bertz CT molecular complexity index is 855. The number of nitrogens with one attached hydrogen (secondary N) is 1. The standard InChI is InChI=1S/C21H22N2O4/c1-15(24)26-17-8-6-16(7-9-17)14-23-12-10-21(11-13-23)22-20(25)18-4-2-3-5-19(18)27-21/h2-9H,10-14H2,1H3,(H,22,25). The molecule has 2 heterocycles. The summed E-state index contributed by atoms with van der Waals surface area (Å²) in [5.41, 5.74) is 1.14. The molecule has 140 valence electrons. The molecule has 27 heavy (non-hydrogen) atoms. The van der Waals surface area contributed by atoms with Crippen LogP contribution < -0.4 is 14.8 Å². The number of ether oxygens (including phenoxy) is 2. The molecule has 0 atom stereocenters. The fraction of sp³-hybridized carbons (Fsp3) is 0.333. The zero-order chi connectivity index (χ0) is 18.9. The van der Waals surface area contributed by atoms with Gasteiger partial charge in [-0.3, -0.25) is 14.5 Å². The molecular formula is C21H22N2O4. The third kappa shape index (κ3) is 3.80.